The van der Waals surface area contributed by atoms with Gasteiger partial charge in [0.15, 0.2) is 11.5 Å². The molecule has 1 heterocycles. The van der Waals surface area contributed by atoms with E-state index in [-0.39, 0.29) is 28.6 Å². The van der Waals surface area contributed by atoms with Gasteiger partial charge in [0.2, 0.25) is 10.1 Å². The van der Waals surface area contributed by atoms with Crippen LogP contribution in [-0.2, 0) is 6.18 Å². The van der Waals surface area contributed by atoms with E-state index in [9.17, 15) is 18.0 Å². The number of hydrogen-bond donors (Lipinski definition) is 1. The third-order valence-corrected chi connectivity index (χ3v) is 3.55. The first-order valence-corrected chi connectivity index (χ1v) is 7.30. The first kappa shape index (κ1) is 17.7. The molecule has 0 atom stereocenters. The Morgan fingerprint density at radius 1 is 1.38 bits per heavy atom. The van der Waals surface area contributed by atoms with Crippen molar-refractivity contribution in [2.24, 2.45) is 0 Å². The van der Waals surface area contributed by atoms with Crippen molar-refractivity contribution in [2.45, 2.75) is 6.18 Å². The maximum absolute atomic E-state index is 12.5. The molecule has 0 bridgehead atoms. The number of anilines is 1. The van der Waals surface area contributed by atoms with Gasteiger partial charge in [-0.05, 0) is 18.2 Å². The van der Waals surface area contributed by atoms with Gasteiger partial charge in [-0.1, -0.05) is 24.0 Å². The molecule has 10 heteroatoms. The molecule has 0 fully saturated rings. The molecular weight excluding hydrogens is 347 g/mol. The first-order valence-electron chi connectivity index (χ1n) is 6.49. The fourth-order valence-electron chi connectivity index (χ4n) is 1.63. The number of carbonyl (C=O) groups excluding carboxylic acids is 1. The molecule has 0 aliphatic heterocycles. The fourth-order valence-corrected chi connectivity index (χ4v) is 2.24. The van der Waals surface area contributed by atoms with Gasteiger partial charge in [0.1, 0.15) is 6.61 Å². The molecule has 2 aromatic rings. The molecule has 0 aliphatic rings. The highest BCUT2D eigenvalue weighted by Crippen LogP contribution is 2.33. The SMILES string of the molecule is C=CCOc1ccc(C(=O)Nc2nnc(C(F)(F)F)s2)cc1OC. The molecule has 1 aromatic carbocycles. The van der Waals surface area contributed by atoms with Crippen molar-refractivity contribution in [1.29, 1.82) is 0 Å². The van der Waals surface area contributed by atoms with E-state index >= 15 is 0 Å². The average Bonchev–Trinajstić information content (AvgIpc) is 3.01. The van der Waals surface area contributed by atoms with Crippen molar-refractivity contribution >= 4 is 22.4 Å². The molecule has 1 N–H and O–H groups in total. The molecular formula is C14H12F3N3O3S. The Morgan fingerprint density at radius 3 is 2.71 bits per heavy atom. The van der Waals surface area contributed by atoms with Gasteiger partial charge in [-0.15, -0.1) is 10.2 Å². The van der Waals surface area contributed by atoms with E-state index in [0.717, 1.165) is 0 Å². The van der Waals surface area contributed by atoms with E-state index in [0.29, 0.717) is 11.5 Å². The summed E-state index contributed by atoms with van der Waals surface area (Å²) >= 11 is 0.241. The number of ether oxygens (including phenoxy) is 2. The Kier molecular flexibility index (Phi) is 5.39. The lowest BCUT2D eigenvalue weighted by molar-refractivity contribution is -0.138. The van der Waals surface area contributed by atoms with Crippen LogP contribution in [0.25, 0.3) is 0 Å². The Balaban J connectivity index is 2.14. The molecule has 2 rings (SSSR count). The van der Waals surface area contributed by atoms with Crippen LogP contribution in [0, 0.1) is 0 Å². The second-order valence-electron chi connectivity index (χ2n) is 4.33. The summed E-state index contributed by atoms with van der Waals surface area (Å²) in [4.78, 5) is 12.1. The summed E-state index contributed by atoms with van der Waals surface area (Å²) < 4.78 is 47.9. The van der Waals surface area contributed by atoms with Crippen molar-refractivity contribution in [2.75, 3.05) is 19.0 Å². The Bertz CT molecular complexity index is 746. The van der Waals surface area contributed by atoms with E-state index in [1.165, 1.54) is 25.3 Å². The summed E-state index contributed by atoms with van der Waals surface area (Å²) in [7, 11) is 1.40. The summed E-state index contributed by atoms with van der Waals surface area (Å²) in [5.74, 6) is 0.0652. The molecule has 0 saturated carbocycles. The molecule has 0 aliphatic carbocycles. The molecule has 24 heavy (non-hydrogen) atoms. The topological polar surface area (TPSA) is 73.3 Å². The zero-order valence-corrected chi connectivity index (χ0v) is 13.2. The van der Waals surface area contributed by atoms with Crippen LogP contribution in [0.4, 0.5) is 18.3 Å². The van der Waals surface area contributed by atoms with Crippen LogP contribution in [0.15, 0.2) is 30.9 Å². The fraction of sp³-hybridized carbons (Fsp3) is 0.214. The smallest absolute Gasteiger partial charge is 0.445 e. The Hall–Kier alpha value is -2.62. The van der Waals surface area contributed by atoms with Gasteiger partial charge in [-0.3, -0.25) is 10.1 Å². The molecule has 6 nitrogen and oxygen atoms in total. The Morgan fingerprint density at radius 2 is 2.12 bits per heavy atom. The number of amides is 1. The number of halogens is 3. The van der Waals surface area contributed by atoms with Crippen molar-refractivity contribution in [3.8, 4) is 11.5 Å². The van der Waals surface area contributed by atoms with Crippen LogP contribution < -0.4 is 14.8 Å². The number of nitrogens with zero attached hydrogens (tertiary/aromatic N) is 2. The minimum Gasteiger partial charge on any atom is -0.493 e. The summed E-state index contributed by atoms with van der Waals surface area (Å²) in [5, 5.41) is 7.16. The molecule has 0 saturated heterocycles. The Labute approximate surface area is 138 Å². The van der Waals surface area contributed by atoms with Gasteiger partial charge in [-0.2, -0.15) is 13.2 Å². The van der Waals surface area contributed by atoms with Crippen LogP contribution in [0.2, 0.25) is 0 Å². The van der Waals surface area contributed by atoms with Crippen LogP contribution >= 0.6 is 11.3 Å². The van der Waals surface area contributed by atoms with Gasteiger partial charge in [0.25, 0.3) is 5.91 Å². The molecule has 0 unspecified atom stereocenters. The van der Waals surface area contributed by atoms with Crippen molar-refractivity contribution in [3.63, 3.8) is 0 Å². The molecule has 1 aromatic heterocycles. The maximum atomic E-state index is 12.5. The lowest BCUT2D eigenvalue weighted by Crippen LogP contribution is -2.12. The zero-order chi connectivity index (χ0) is 17.7. The normalized spacial score (nSPS) is 11.0. The predicted octanol–water partition coefficient (Wildman–Crippen LogP) is 3.38. The minimum absolute atomic E-state index is 0.168. The monoisotopic (exact) mass is 359 g/mol. The highest BCUT2D eigenvalue weighted by atomic mass is 32.1. The summed E-state index contributed by atoms with van der Waals surface area (Å²) in [5.41, 5.74) is 0.168. The third kappa shape index (κ3) is 4.22. The minimum atomic E-state index is -4.60. The van der Waals surface area contributed by atoms with E-state index < -0.39 is 17.1 Å². The quantitative estimate of drug-likeness (QED) is 0.801. The van der Waals surface area contributed by atoms with E-state index in [2.05, 4.69) is 22.1 Å². The van der Waals surface area contributed by atoms with Gasteiger partial charge in [0, 0.05) is 5.56 Å². The van der Waals surface area contributed by atoms with Gasteiger partial charge >= 0.3 is 6.18 Å². The van der Waals surface area contributed by atoms with Gasteiger partial charge in [-0.25, -0.2) is 0 Å². The molecule has 128 valence electrons. The number of rotatable bonds is 6. The average molecular weight is 359 g/mol. The highest BCUT2D eigenvalue weighted by molar-refractivity contribution is 7.15. The predicted molar refractivity (Wildman–Crippen MR) is 81.6 cm³/mol. The van der Waals surface area contributed by atoms with Crippen molar-refractivity contribution in [1.82, 2.24) is 10.2 Å². The van der Waals surface area contributed by atoms with Crippen LogP contribution in [0.1, 0.15) is 15.4 Å². The van der Waals surface area contributed by atoms with Gasteiger partial charge < -0.3 is 9.47 Å². The van der Waals surface area contributed by atoms with Crippen LogP contribution in [-0.4, -0.2) is 29.8 Å². The first-order chi connectivity index (χ1) is 11.3. The summed E-state index contributed by atoms with van der Waals surface area (Å²) in [6.45, 7) is 3.78. The second-order valence-corrected chi connectivity index (χ2v) is 5.31. The molecule has 0 spiro atoms. The molecule has 1 amide bonds. The number of hydrogen-bond acceptors (Lipinski definition) is 6. The number of carbonyl (C=O) groups is 1. The van der Waals surface area contributed by atoms with E-state index in [4.69, 9.17) is 9.47 Å². The van der Waals surface area contributed by atoms with Gasteiger partial charge in [0.05, 0.1) is 7.11 Å². The van der Waals surface area contributed by atoms with Crippen molar-refractivity contribution in [3.05, 3.63) is 41.4 Å². The number of methoxy groups -OCH3 is 1. The zero-order valence-electron chi connectivity index (χ0n) is 12.4. The van der Waals surface area contributed by atoms with Crippen LogP contribution in [0.3, 0.4) is 0 Å². The maximum Gasteiger partial charge on any atom is 0.445 e. The van der Waals surface area contributed by atoms with E-state index in [1.807, 2.05) is 0 Å². The molecule has 0 radical (unpaired) electrons. The summed E-state index contributed by atoms with van der Waals surface area (Å²) in [6.07, 6.45) is -3.05. The number of benzene rings is 1. The standard InChI is InChI=1S/C14H12F3N3O3S/c1-3-6-23-9-5-4-8(7-10(9)22-2)11(21)18-13-20-19-12(24-13)14(15,16)17/h3-5,7H,1,6H2,2H3,(H,18,20,21). The highest BCUT2D eigenvalue weighted by Gasteiger charge is 2.35. The lowest BCUT2D eigenvalue weighted by Gasteiger charge is -2.10. The second kappa shape index (κ2) is 7.30. The largest absolute Gasteiger partial charge is 0.493 e. The number of nitrogens with one attached hydrogen (secondary N) is 1. The van der Waals surface area contributed by atoms with Crippen LogP contribution in [0.5, 0.6) is 11.5 Å². The third-order valence-electron chi connectivity index (χ3n) is 2.67. The number of aromatic nitrogens is 2. The number of alkyl halides is 3. The van der Waals surface area contributed by atoms with E-state index in [1.54, 1.807) is 6.08 Å². The van der Waals surface area contributed by atoms with Crippen molar-refractivity contribution < 1.29 is 27.4 Å². The summed E-state index contributed by atoms with van der Waals surface area (Å²) in [6, 6.07) is 4.36. The lowest BCUT2D eigenvalue weighted by atomic mass is 10.2.